The topological polar surface area (TPSA) is 136 Å². The third kappa shape index (κ3) is 4.89. The maximum Gasteiger partial charge on any atom is 0.306 e. The largest absolute Gasteiger partial charge is 0.481 e. The average molecular weight is 533 g/mol. The molecule has 3 aromatic heterocycles. The van der Waals surface area contributed by atoms with E-state index < -0.39 is 5.97 Å². The number of nitrogens with two attached hydrogens (primary N) is 1. The lowest BCUT2D eigenvalue weighted by atomic mass is 9.81. The highest BCUT2D eigenvalue weighted by atomic mass is 16.4. The van der Waals surface area contributed by atoms with Crippen LogP contribution in [0.1, 0.15) is 25.7 Å². The molecule has 9 heteroatoms. The maximum atomic E-state index is 12.8. The Morgan fingerprint density at radius 1 is 0.875 bits per heavy atom. The van der Waals surface area contributed by atoms with Crippen LogP contribution in [0.4, 0.5) is 11.6 Å². The lowest BCUT2D eigenvalue weighted by Gasteiger charge is -2.25. The van der Waals surface area contributed by atoms with Gasteiger partial charge >= 0.3 is 5.97 Å². The number of carboxylic acids is 1. The van der Waals surface area contributed by atoms with Gasteiger partial charge in [-0.15, -0.1) is 0 Å². The van der Waals surface area contributed by atoms with Gasteiger partial charge in [-0.3, -0.25) is 14.2 Å². The molecule has 1 saturated carbocycles. The van der Waals surface area contributed by atoms with E-state index >= 15 is 0 Å². The summed E-state index contributed by atoms with van der Waals surface area (Å²) in [6.45, 7) is 0. The molecule has 0 atom stereocenters. The highest BCUT2D eigenvalue weighted by Gasteiger charge is 2.30. The summed E-state index contributed by atoms with van der Waals surface area (Å²) in [5.74, 6) is -0.0505. The molecule has 4 N–H and O–H groups in total. The van der Waals surface area contributed by atoms with E-state index in [1.165, 1.54) is 0 Å². The Hall–Kier alpha value is -5.05. The normalized spacial score (nSPS) is 17.0. The number of benzene rings is 2. The van der Waals surface area contributed by atoms with Gasteiger partial charge in [0.15, 0.2) is 0 Å². The third-order valence-electron chi connectivity index (χ3n) is 7.55. The van der Waals surface area contributed by atoms with Crippen molar-refractivity contribution in [1.29, 1.82) is 0 Å². The van der Waals surface area contributed by atoms with E-state index in [0.29, 0.717) is 48.7 Å². The molecule has 0 spiro atoms. The first-order valence-electron chi connectivity index (χ1n) is 13.3. The van der Waals surface area contributed by atoms with Crippen molar-refractivity contribution in [2.75, 3.05) is 11.1 Å². The number of fused-ring (bicyclic) bond motifs is 1. The van der Waals surface area contributed by atoms with E-state index in [2.05, 4.69) is 33.5 Å². The fraction of sp³-hybridized carbons (Fsp3) is 0.194. The molecule has 0 bridgehead atoms. The molecule has 2 aromatic carbocycles. The van der Waals surface area contributed by atoms with Crippen molar-refractivity contribution in [3.8, 4) is 28.2 Å². The molecule has 1 aliphatic rings. The number of hydrogen-bond acceptors (Lipinski definition) is 6. The van der Waals surface area contributed by atoms with Gasteiger partial charge in [0.2, 0.25) is 5.91 Å². The Labute approximate surface area is 230 Å². The molecule has 40 heavy (non-hydrogen) atoms. The number of carbonyl (C=O) groups excluding carboxylic acids is 1. The van der Waals surface area contributed by atoms with Crippen LogP contribution >= 0.6 is 0 Å². The molecule has 5 aromatic rings. The second-order valence-corrected chi connectivity index (χ2v) is 10.1. The van der Waals surface area contributed by atoms with Crippen LogP contribution in [-0.2, 0) is 9.59 Å². The number of amides is 1. The fourth-order valence-electron chi connectivity index (χ4n) is 5.36. The molecule has 3 heterocycles. The highest BCUT2D eigenvalue weighted by molar-refractivity contribution is 5.92. The molecule has 9 nitrogen and oxygen atoms in total. The highest BCUT2D eigenvalue weighted by Crippen LogP contribution is 2.34. The number of imidazole rings is 1. The fourth-order valence-corrected chi connectivity index (χ4v) is 5.36. The van der Waals surface area contributed by atoms with E-state index in [1.807, 2.05) is 53.1 Å². The lowest BCUT2D eigenvalue weighted by Crippen LogP contribution is -2.29. The van der Waals surface area contributed by atoms with Crippen molar-refractivity contribution < 1.29 is 14.7 Å². The van der Waals surface area contributed by atoms with Crippen molar-refractivity contribution in [2.45, 2.75) is 25.7 Å². The predicted molar refractivity (Wildman–Crippen MR) is 154 cm³/mol. The number of aliphatic carboxylic acids is 1. The number of carbonyl (C=O) groups is 2. The first kappa shape index (κ1) is 25.2. The first-order chi connectivity index (χ1) is 19.5. The van der Waals surface area contributed by atoms with Crippen molar-refractivity contribution in [3.63, 3.8) is 0 Å². The number of nitrogens with zero attached hydrogens (tertiary/aromatic N) is 4. The van der Waals surface area contributed by atoms with Gasteiger partial charge in [-0.2, -0.15) is 0 Å². The number of nitrogen functional groups attached to an aromatic ring is 1. The molecule has 0 aliphatic heterocycles. The molecule has 6 rings (SSSR count). The average Bonchev–Trinajstić information content (AvgIpc) is 3.37. The van der Waals surface area contributed by atoms with E-state index in [0.717, 1.165) is 27.8 Å². The van der Waals surface area contributed by atoms with Crippen LogP contribution in [0.3, 0.4) is 0 Å². The number of nitrogens with one attached hydrogen (secondary N) is 1. The summed E-state index contributed by atoms with van der Waals surface area (Å²) in [5, 5.41) is 12.1. The summed E-state index contributed by atoms with van der Waals surface area (Å²) in [5.41, 5.74) is 11.5. The zero-order valence-electron chi connectivity index (χ0n) is 21.7. The standard InChI is InChI=1S/C31H28N6O3/c32-28-24(7-4-16-33-28)29-35-25-14-12-22(19-5-2-1-3-6-19)17-26(25)37(29)23-13-15-27(34-18-23)36-30(38)20-8-10-21(11-9-20)31(39)40/h1-7,12-18,20-21H,8-11H2,(H2,32,33)(H,39,40)(H,34,36,38). The van der Waals surface area contributed by atoms with E-state index in [-0.39, 0.29) is 17.7 Å². The molecule has 0 saturated heterocycles. The van der Waals surface area contributed by atoms with Crippen molar-refractivity contribution in [3.05, 3.63) is 85.2 Å². The molecule has 1 fully saturated rings. The minimum absolute atomic E-state index is 0.131. The Morgan fingerprint density at radius 2 is 1.65 bits per heavy atom. The smallest absolute Gasteiger partial charge is 0.306 e. The van der Waals surface area contributed by atoms with Gasteiger partial charge in [-0.25, -0.2) is 15.0 Å². The van der Waals surface area contributed by atoms with Crippen molar-refractivity contribution in [1.82, 2.24) is 19.5 Å². The SMILES string of the molecule is Nc1ncccc1-c1nc2ccc(-c3ccccc3)cc2n1-c1ccc(NC(=O)C2CCC(C(=O)O)CC2)nc1. The van der Waals surface area contributed by atoms with E-state index in [9.17, 15) is 14.7 Å². The van der Waals surface area contributed by atoms with Crippen LogP contribution in [0.2, 0.25) is 0 Å². The number of carboxylic acid groups (broad SMARTS) is 1. The summed E-state index contributed by atoms with van der Waals surface area (Å²) in [7, 11) is 0. The second-order valence-electron chi connectivity index (χ2n) is 10.1. The number of anilines is 2. The van der Waals surface area contributed by atoms with Crippen LogP contribution in [0.5, 0.6) is 0 Å². The van der Waals surface area contributed by atoms with Crippen molar-refractivity contribution >= 4 is 34.5 Å². The molecule has 0 unspecified atom stereocenters. The van der Waals surface area contributed by atoms with Crippen LogP contribution in [0, 0.1) is 11.8 Å². The maximum absolute atomic E-state index is 12.8. The summed E-state index contributed by atoms with van der Waals surface area (Å²) in [4.78, 5) is 37.8. The first-order valence-corrected chi connectivity index (χ1v) is 13.3. The predicted octanol–water partition coefficient (Wildman–Crippen LogP) is 5.56. The van der Waals surface area contributed by atoms with Crippen molar-refractivity contribution in [2.24, 2.45) is 11.8 Å². The van der Waals surface area contributed by atoms with Gasteiger partial charge in [-0.1, -0.05) is 36.4 Å². The summed E-state index contributed by atoms with van der Waals surface area (Å²) in [6.07, 6.45) is 5.48. The van der Waals surface area contributed by atoms with Gasteiger partial charge in [0.05, 0.1) is 34.4 Å². The minimum Gasteiger partial charge on any atom is -0.481 e. The number of aromatic nitrogens is 4. The molecule has 0 radical (unpaired) electrons. The van der Waals surface area contributed by atoms with E-state index in [1.54, 1.807) is 18.5 Å². The van der Waals surface area contributed by atoms with Crippen LogP contribution < -0.4 is 11.1 Å². The zero-order valence-corrected chi connectivity index (χ0v) is 21.7. The molecule has 1 aliphatic carbocycles. The number of hydrogen-bond donors (Lipinski definition) is 3. The Bertz CT molecular complexity index is 1690. The summed E-state index contributed by atoms with van der Waals surface area (Å²) < 4.78 is 2.00. The van der Waals surface area contributed by atoms with Crippen LogP contribution in [0.15, 0.2) is 85.2 Å². The number of pyridine rings is 2. The zero-order chi connectivity index (χ0) is 27.6. The van der Waals surface area contributed by atoms with Gasteiger partial charge in [-0.05, 0) is 73.2 Å². The molecule has 1 amide bonds. The van der Waals surface area contributed by atoms with E-state index in [4.69, 9.17) is 10.7 Å². The Balaban J connectivity index is 1.34. The lowest BCUT2D eigenvalue weighted by molar-refractivity contribution is -0.143. The van der Waals surface area contributed by atoms with Gasteiger partial charge < -0.3 is 16.2 Å². The molecular weight excluding hydrogens is 504 g/mol. The third-order valence-corrected chi connectivity index (χ3v) is 7.55. The molecule has 200 valence electrons. The van der Waals surface area contributed by atoms with Crippen LogP contribution in [0.25, 0.3) is 39.2 Å². The minimum atomic E-state index is -0.786. The van der Waals surface area contributed by atoms with Crippen LogP contribution in [-0.4, -0.2) is 36.5 Å². The Kier molecular flexibility index (Phi) is 6.69. The summed E-state index contributed by atoms with van der Waals surface area (Å²) in [6, 6.07) is 23.6. The summed E-state index contributed by atoms with van der Waals surface area (Å²) >= 11 is 0. The van der Waals surface area contributed by atoms with Gasteiger partial charge in [0.25, 0.3) is 0 Å². The Morgan fingerprint density at radius 3 is 2.35 bits per heavy atom. The second kappa shape index (κ2) is 10.6. The molecular formula is C31H28N6O3. The monoisotopic (exact) mass is 532 g/mol. The number of rotatable bonds is 6. The van der Waals surface area contributed by atoms with Gasteiger partial charge in [0, 0.05) is 12.1 Å². The van der Waals surface area contributed by atoms with Gasteiger partial charge in [0.1, 0.15) is 17.5 Å². The quantitative estimate of drug-likeness (QED) is 0.260.